The molecule has 4 heterocycles. The number of amidine groups is 1. The Morgan fingerprint density at radius 1 is 1.31 bits per heavy atom. The van der Waals surface area contributed by atoms with E-state index in [1.54, 1.807) is 18.3 Å². The van der Waals surface area contributed by atoms with Crippen LogP contribution in [-0.2, 0) is 17.0 Å². The molecule has 0 spiro atoms. The molecule has 1 saturated heterocycles. The molecule has 35 heavy (non-hydrogen) atoms. The van der Waals surface area contributed by atoms with Crippen molar-refractivity contribution in [3.8, 4) is 0 Å². The SMILES string of the molecule is [2H]C([2H])([2H])n1ccc(C2=C3C[C@H](NS(=O)(=O)C4CC4)CN3C(c3nccs3)=N[C@H]2c2ccc(F)cc2Cl)n1. The van der Waals surface area contributed by atoms with Gasteiger partial charge in [0, 0.05) is 69.7 Å². The summed E-state index contributed by atoms with van der Waals surface area (Å²) in [6.45, 7) is -2.18. The molecule has 1 aromatic carbocycles. The number of nitrogens with one attached hydrogen (secondary N) is 1. The molecular formula is C23H22ClFN6O2S2. The van der Waals surface area contributed by atoms with Gasteiger partial charge in [0.1, 0.15) is 11.9 Å². The monoisotopic (exact) mass is 535 g/mol. The molecule has 12 heteroatoms. The first-order valence-electron chi connectivity index (χ1n) is 12.5. The first-order valence-corrected chi connectivity index (χ1v) is 13.8. The topological polar surface area (TPSA) is 92.5 Å². The fraction of sp³-hybridized carbons (Fsp3) is 0.348. The van der Waals surface area contributed by atoms with Crippen molar-refractivity contribution < 1.29 is 16.9 Å². The number of hydrogen-bond donors (Lipinski definition) is 1. The van der Waals surface area contributed by atoms with Crippen molar-refractivity contribution in [2.75, 3.05) is 6.54 Å². The lowest BCUT2D eigenvalue weighted by atomic mass is 9.92. The van der Waals surface area contributed by atoms with Gasteiger partial charge in [-0.2, -0.15) is 5.10 Å². The Kier molecular flexibility index (Phi) is 4.76. The van der Waals surface area contributed by atoms with E-state index < -0.39 is 34.9 Å². The van der Waals surface area contributed by atoms with Crippen LogP contribution in [0.2, 0.25) is 5.02 Å². The molecule has 0 amide bonds. The summed E-state index contributed by atoms with van der Waals surface area (Å²) in [7, 11) is -3.47. The number of sulfonamides is 1. The van der Waals surface area contributed by atoms with Gasteiger partial charge in [0.25, 0.3) is 0 Å². The standard InChI is InChI=1S/C23H22ClFN6O2S2/c1-30-8-6-18(28-30)20-19-11-14(29-35(32,33)15-3-4-15)12-31(19)22(23-26-7-9-34-23)27-21(20)16-5-2-13(25)10-17(16)24/h2,5-10,14-15,21,29H,3-4,11-12H2,1H3/t14-,21-/m0/s1/i1D3. The molecule has 1 saturated carbocycles. The highest BCUT2D eigenvalue weighted by Crippen LogP contribution is 2.46. The molecule has 2 aromatic heterocycles. The predicted molar refractivity (Wildman–Crippen MR) is 133 cm³/mol. The first kappa shape index (κ1) is 19.6. The number of hydrogen-bond acceptors (Lipinski definition) is 7. The van der Waals surface area contributed by atoms with Crippen LogP contribution in [0.4, 0.5) is 4.39 Å². The lowest BCUT2D eigenvalue weighted by molar-refractivity contribution is 0.517. The van der Waals surface area contributed by atoms with Crippen LogP contribution in [0.1, 0.15) is 45.7 Å². The van der Waals surface area contributed by atoms with E-state index in [-0.39, 0.29) is 10.3 Å². The normalized spacial score (nSPS) is 24.1. The second kappa shape index (κ2) is 8.51. The molecule has 0 unspecified atom stereocenters. The van der Waals surface area contributed by atoms with Crippen LogP contribution < -0.4 is 4.72 Å². The van der Waals surface area contributed by atoms with Crippen molar-refractivity contribution in [2.45, 2.75) is 36.6 Å². The van der Waals surface area contributed by atoms with Crippen LogP contribution in [0.15, 0.2) is 52.7 Å². The second-order valence-corrected chi connectivity index (χ2v) is 12.0. The summed E-state index contributed by atoms with van der Waals surface area (Å²) in [5, 5.41) is 6.57. The maximum absolute atomic E-state index is 14.0. The third kappa shape index (κ3) is 4.20. The fourth-order valence-electron chi connectivity index (χ4n) is 4.62. The molecule has 8 nitrogen and oxygen atoms in total. The highest BCUT2D eigenvalue weighted by molar-refractivity contribution is 7.90. The number of aromatic nitrogens is 3. The lowest BCUT2D eigenvalue weighted by Crippen LogP contribution is -2.40. The summed E-state index contributed by atoms with van der Waals surface area (Å²) in [5.74, 6) is 0.0316. The molecule has 2 aliphatic heterocycles. The van der Waals surface area contributed by atoms with Crippen molar-refractivity contribution in [3.63, 3.8) is 0 Å². The van der Waals surface area contributed by atoms with Crippen molar-refractivity contribution in [2.24, 2.45) is 12.0 Å². The maximum Gasteiger partial charge on any atom is 0.214 e. The lowest BCUT2D eigenvalue weighted by Gasteiger charge is -2.32. The zero-order valence-electron chi connectivity index (χ0n) is 21.2. The number of rotatable bonds is 6. The Bertz CT molecular complexity index is 1570. The molecule has 3 aliphatic rings. The van der Waals surface area contributed by atoms with Gasteiger partial charge in [-0.1, -0.05) is 17.7 Å². The molecule has 3 aromatic rings. The molecule has 2 fully saturated rings. The number of aryl methyl sites for hydroxylation is 1. The molecule has 2 atom stereocenters. The van der Waals surface area contributed by atoms with E-state index in [0.29, 0.717) is 53.5 Å². The number of fused-ring (bicyclic) bond motifs is 1. The Labute approximate surface area is 215 Å². The van der Waals surface area contributed by atoms with Gasteiger partial charge >= 0.3 is 0 Å². The molecule has 1 aliphatic carbocycles. The Hall–Kier alpha value is -2.60. The molecule has 182 valence electrons. The number of nitrogens with zero attached hydrogens (tertiary/aromatic N) is 5. The highest BCUT2D eigenvalue weighted by atomic mass is 35.5. The Morgan fingerprint density at radius 2 is 2.17 bits per heavy atom. The first-order chi connectivity index (χ1) is 18.0. The molecule has 6 rings (SSSR count). The molecule has 0 bridgehead atoms. The maximum atomic E-state index is 14.0. The second-order valence-electron chi connectivity index (χ2n) is 8.74. The summed E-state index contributed by atoms with van der Waals surface area (Å²) in [4.78, 5) is 11.3. The van der Waals surface area contributed by atoms with Crippen LogP contribution in [0.5, 0.6) is 0 Å². The van der Waals surface area contributed by atoms with Crippen LogP contribution in [-0.4, -0.2) is 51.8 Å². The van der Waals surface area contributed by atoms with Gasteiger partial charge in [0.05, 0.1) is 10.9 Å². The quantitative estimate of drug-likeness (QED) is 0.519. The van der Waals surface area contributed by atoms with Gasteiger partial charge in [-0.25, -0.2) is 22.5 Å². The van der Waals surface area contributed by atoms with Crippen LogP contribution in [0.3, 0.4) is 0 Å². The zero-order chi connectivity index (χ0) is 26.8. The minimum atomic E-state index is -3.47. The molecular weight excluding hydrogens is 511 g/mol. The van der Waals surface area contributed by atoms with E-state index in [1.165, 1.54) is 29.7 Å². The number of benzene rings is 1. The highest BCUT2D eigenvalue weighted by Gasteiger charge is 2.44. The summed E-state index contributed by atoms with van der Waals surface area (Å²) in [6.07, 6.45) is 4.63. The smallest absolute Gasteiger partial charge is 0.214 e. The minimum absolute atomic E-state index is 0.156. The van der Waals surface area contributed by atoms with E-state index in [2.05, 4.69) is 14.8 Å². The summed E-state index contributed by atoms with van der Waals surface area (Å²) in [6, 6.07) is 4.42. The average Bonchev–Trinajstić information content (AvgIpc) is 3.20. The van der Waals surface area contributed by atoms with E-state index >= 15 is 0 Å². The number of aliphatic imine (C=N–C) groups is 1. The average molecular weight is 536 g/mol. The van der Waals surface area contributed by atoms with E-state index in [0.717, 1.165) is 10.4 Å². The van der Waals surface area contributed by atoms with Gasteiger partial charge in [-0.3, -0.25) is 9.67 Å². The van der Waals surface area contributed by atoms with Crippen LogP contribution in [0.25, 0.3) is 5.57 Å². The van der Waals surface area contributed by atoms with Gasteiger partial charge in [-0.05, 0) is 31.0 Å². The minimum Gasteiger partial charge on any atom is -0.326 e. The third-order valence-corrected chi connectivity index (χ3v) is 9.41. The van der Waals surface area contributed by atoms with Gasteiger partial charge in [0.15, 0.2) is 10.8 Å². The van der Waals surface area contributed by atoms with E-state index in [1.807, 2.05) is 10.3 Å². The zero-order valence-corrected chi connectivity index (χ0v) is 20.6. The predicted octanol–water partition coefficient (Wildman–Crippen LogP) is 3.74. The number of halogens is 2. The summed E-state index contributed by atoms with van der Waals surface area (Å²) >= 11 is 7.88. The molecule has 1 N–H and O–H groups in total. The van der Waals surface area contributed by atoms with Gasteiger partial charge in [-0.15, -0.1) is 11.3 Å². The van der Waals surface area contributed by atoms with Gasteiger partial charge < -0.3 is 4.90 Å². The largest absolute Gasteiger partial charge is 0.326 e. The van der Waals surface area contributed by atoms with E-state index in [9.17, 15) is 12.8 Å². The Balaban J connectivity index is 1.52. The summed E-state index contributed by atoms with van der Waals surface area (Å²) in [5.41, 5.74) is 2.18. The van der Waals surface area contributed by atoms with Gasteiger partial charge in [0.2, 0.25) is 10.0 Å². The number of thiazole rings is 1. The van der Waals surface area contributed by atoms with Crippen molar-refractivity contribution >= 4 is 44.4 Å². The Morgan fingerprint density at radius 3 is 2.86 bits per heavy atom. The van der Waals surface area contributed by atoms with E-state index in [4.69, 9.17) is 20.7 Å². The third-order valence-electron chi connectivity index (χ3n) is 6.30. The van der Waals surface area contributed by atoms with Crippen molar-refractivity contribution in [1.29, 1.82) is 0 Å². The molecule has 0 radical (unpaired) electrons. The van der Waals surface area contributed by atoms with Crippen molar-refractivity contribution in [3.05, 3.63) is 74.8 Å². The van der Waals surface area contributed by atoms with Crippen molar-refractivity contribution in [1.82, 2.24) is 24.4 Å². The fourth-order valence-corrected chi connectivity index (χ4v) is 7.10. The summed E-state index contributed by atoms with van der Waals surface area (Å²) < 4.78 is 66.5. The van der Waals surface area contributed by atoms with Crippen LogP contribution in [0, 0.1) is 5.82 Å². The van der Waals surface area contributed by atoms with Crippen LogP contribution >= 0.6 is 22.9 Å².